The lowest BCUT2D eigenvalue weighted by Crippen LogP contribution is -2.33. The Bertz CT molecular complexity index is 902. The van der Waals surface area contributed by atoms with Crippen LogP contribution < -0.4 is 0 Å². The first-order chi connectivity index (χ1) is 12.1. The van der Waals surface area contributed by atoms with Gasteiger partial charge in [-0.25, -0.2) is 4.98 Å². The molecule has 1 saturated carbocycles. The topological polar surface area (TPSA) is 72.1 Å². The van der Waals surface area contributed by atoms with Gasteiger partial charge in [-0.15, -0.1) is 21.5 Å². The summed E-state index contributed by atoms with van der Waals surface area (Å²) in [6, 6.07) is 7.40. The Morgan fingerprint density at radius 1 is 1.32 bits per heavy atom. The first kappa shape index (κ1) is 16.2. The zero-order valence-electron chi connectivity index (χ0n) is 13.5. The lowest BCUT2D eigenvalue weighted by molar-refractivity contribution is 0.0709. The Balaban J connectivity index is 1.53. The van der Waals surface area contributed by atoms with E-state index in [1.165, 1.54) is 11.3 Å². The van der Waals surface area contributed by atoms with Crippen LogP contribution in [0.5, 0.6) is 0 Å². The molecule has 4 rings (SSSR count). The van der Waals surface area contributed by atoms with Crippen LogP contribution in [0.3, 0.4) is 0 Å². The van der Waals surface area contributed by atoms with Gasteiger partial charge in [-0.3, -0.25) is 4.79 Å². The molecular weight excluding hydrogens is 360 g/mol. The molecule has 6 nitrogen and oxygen atoms in total. The van der Waals surface area contributed by atoms with Crippen molar-refractivity contribution in [3.63, 3.8) is 0 Å². The monoisotopic (exact) mass is 374 g/mol. The van der Waals surface area contributed by atoms with E-state index in [1.54, 1.807) is 22.4 Å². The number of carbonyl (C=O) groups is 1. The maximum absolute atomic E-state index is 12.7. The van der Waals surface area contributed by atoms with Crippen molar-refractivity contribution in [2.75, 3.05) is 0 Å². The molecule has 25 heavy (non-hydrogen) atoms. The zero-order chi connectivity index (χ0) is 17.4. The van der Waals surface area contributed by atoms with Gasteiger partial charge in [-0.2, -0.15) is 0 Å². The Kier molecular flexibility index (Phi) is 4.27. The van der Waals surface area contributed by atoms with E-state index in [2.05, 4.69) is 15.2 Å². The molecule has 1 aromatic carbocycles. The normalized spacial score (nSPS) is 13.8. The second kappa shape index (κ2) is 6.57. The predicted molar refractivity (Wildman–Crippen MR) is 94.5 cm³/mol. The summed E-state index contributed by atoms with van der Waals surface area (Å²) < 4.78 is 5.73. The van der Waals surface area contributed by atoms with Crippen LogP contribution in [-0.4, -0.2) is 32.0 Å². The number of nitrogens with zero attached hydrogens (tertiary/aromatic N) is 4. The summed E-state index contributed by atoms with van der Waals surface area (Å²) in [6.07, 6.45) is 1.99. The van der Waals surface area contributed by atoms with E-state index >= 15 is 0 Å². The average molecular weight is 375 g/mol. The highest BCUT2D eigenvalue weighted by Gasteiger charge is 2.35. The van der Waals surface area contributed by atoms with Gasteiger partial charge in [0.15, 0.2) is 0 Å². The van der Waals surface area contributed by atoms with Crippen molar-refractivity contribution in [3.05, 3.63) is 51.3 Å². The molecule has 8 heteroatoms. The standard InChI is InChI=1S/C17H15ClN4O2S/c1-10-19-14(9-25-10)17(23)22(13-6-7-13)8-15-20-21-16(24-15)11-2-4-12(18)5-3-11/h2-5,9,13H,6-8H2,1H3. The molecule has 0 saturated heterocycles. The van der Waals surface area contributed by atoms with Crippen molar-refractivity contribution in [2.45, 2.75) is 32.4 Å². The molecule has 0 bridgehead atoms. The van der Waals surface area contributed by atoms with Gasteiger partial charge < -0.3 is 9.32 Å². The molecule has 2 aromatic heterocycles. The maximum atomic E-state index is 12.7. The summed E-state index contributed by atoms with van der Waals surface area (Å²) in [5.74, 6) is 0.745. The number of rotatable bonds is 5. The molecule has 2 heterocycles. The number of hydrogen-bond acceptors (Lipinski definition) is 6. The Morgan fingerprint density at radius 2 is 2.08 bits per heavy atom. The third-order valence-electron chi connectivity index (χ3n) is 3.95. The lowest BCUT2D eigenvalue weighted by atomic mass is 10.2. The average Bonchev–Trinajstić information content (AvgIpc) is 3.18. The Morgan fingerprint density at radius 3 is 2.72 bits per heavy atom. The molecular formula is C17H15ClN4O2S. The first-order valence-corrected chi connectivity index (χ1v) is 9.17. The Labute approximate surface area is 153 Å². The minimum Gasteiger partial charge on any atom is -0.419 e. The van der Waals surface area contributed by atoms with E-state index in [0.29, 0.717) is 29.0 Å². The van der Waals surface area contributed by atoms with Gasteiger partial charge in [0.25, 0.3) is 5.91 Å². The molecule has 1 aliphatic carbocycles. The quantitative estimate of drug-likeness (QED) is 0.675. The Hall–Kier alpha value is -2.25. The van der Waals surface area contributed by atoms with E-state index < -0.39 is 0 Å². The largest absolute Gasteiger partial charge is 0.419 e. The fraction of sp³-hybridized carbons (Fsp3) is 0.294. The van der Waals surface area contributed by atoms with Crippen LogP contribution in [0.2, 0.25) is 5.02 Å². The second-order valence-electron chi connectivity index (χ2n) is 5.92. The van der Waals surface area contributed by atoms with Gasteiger partial charge in [0.2, 0.25) is 11.8 Å². The molecule has 3 aromatic rings. The molecule has 0 unspecified atom stereocenters. The molecule has 1 amide bonds. The summed E-state index contributed by atoms with van der Waals surface area (Å²) in [7, 11) is 0. The van der Waals surface area contributed by atoms with Crippen molar-refractivity contribution >= 4 is 28.8 Å². The van der Waals surface area contributed by atoms with E-state index in [-0.39, 0.29) is 11.9 Å². The summed E-state index contributed by atoms with van der Waals surface area (Å²) >= 11 is 7.36. The van der Waals surface area contributed by atoms with Crippen LogP contribution in [0.25, 0.3) is 11.5 Å². The third-order valence-corrected chi connectivity index (χ3v) is 4.98. The first-order valence-electron chi connectivity index (χ1n) is 7.91. The van der Waals surface area contributed by atoms with E-state index in [0.717, 1.165) is 23.4 Å². The molecule has 1 fully saturated rings. The van der Waals surface area contributed by atoms with E-state index in [9.17, 15) is 4.79 Å². The van der Waals surface area contributed by atoms with Crippen LogP contribution in [-0.2, 0) is 6.54 Å². The molecule has 128 valence electrons. The van der Waals surface area contributed by atoms with Gasteiger partial charge in [-0.1, -0.05) is 11.6 Å². The molecule has 0 aliphatic heterocycles. The number of thiazole rings is 1. The molecule has 0 radical (unpaired) electrons. The lowest BCUT2D eigenvalue weighted by Gasteiger charge is -2.19. The fourth-order valence-corrected chi connectivity index (χ4v) is 3.25. The molecule has 0 N–H and O–H groups in total. The van der Waals surface area contributed by atoms with Crippen molar-refractivity contribution in [3.8, 4) is 11.5 Å². The highest BCUT2D eigenvalue weighted by atomic mass is 35.5. The van der Waals surface area contributed by atoms with Gasteiger partial charge >= 0.3 is 0 Å². The fourth-order valence-electron chi connectivity index (χ4n) is 2.53. The maximum Gasteiger partial charge on any atom is 0.274 e. The van der Waals surface area contributed by atoms with Gasteiger partial charge in [-0.05, 0) is 44.0 Å². The van der Waals surface area contributed by atoms with Gasteiger partial charge in [0.05, 0.1) is 11.6 Å². The number of carbonyl (C=O) groups excluding carboxylic acids is 1. The van der Waals surface area contributed by atoms with Crippen molar-refractivity contribution in [1.82, 2.24) is 20.1 Å². The summed E-state index contributed by atoms with van der Waals surface area (Å²) in [6.45, 7) is 2.18. The van der Waals surface area contributed by atoms with Crippen molar-refractivity contribution < 1.29 is 9.21 Å². The summed E-state index contributed by atoms with van der Waals surface area (Å²) in [5.41, 5.74) is 1.27. The van der Waals surface area contributed by atoms with Crippen molar-refractivity contribution in [1.29, 1.82) is 0 Å². The summed E-state index contributed by atoms with van der Waals surface area (Å²) in [5, 5.41) is 11.5. The molecule has 0 spiro atoms. The highest BCUT2D eigenvalue weighted by Crippen LogP contribution is 2.30. The third kappa shape index (κ3) is 3.57. The number of hydrogen-bond donors (Lipinski definition) is 0. The number of halogens is 1. The van der Waals surface area contributed by atoms with E-state index in [1.807, 2.05) is 19.1 Å². The smallest absolute Gasteiger partial charge is 0.274 e. The number of aromatic nitrogens is 3. The van der Waals surface area contributed by atoms with Crippen LogP contribution in [0.1, 0.15) is 34.2 Å². The SMILES string of the molecule is Cc1nc(C(=O)N(Cc2nnc(-c3ccc(Cl)cc3)o2)C2CC2)cs1. The summed E-state index contributed by atoms with van der Waals surface area (Å²) in [4.78, 5) is 18.8. The van der Waals surface area contributed by atoms with E-state index in [4.69, 9.17) is 16.0 Å². The number of amides is 1. The highest BCUT2D eigenvalue weighted by molar-refractivity contribution is 7.09. The molecule has 1 aliphatic rings. The van der Waals surface area contributed by atoms with Crippen LogP contribution in [0, 0.1) is 6.92 Å². The van der Waals surface area contributed by atoms with Crippen LogP contribution >= 0.6 is 22.9 Å². The number of benzene rings is 1. The molecule has 0 atom stereocenters. The second-order valence-corrected chi connectivity index (χ2v) is 7.42. The predicted octanol–water partition coefficient (Wildman–Crippen LogP) is 3.96. The van der Waals surface area contributed by atoms with Crippen molar-refractivity contribution in [2.24, 2.45) is 0 Å². The van der Waals surface area contributed by atoms with Gasteiger partial charge in [0.1, 0.15) is 5.69 Å². The zero-order valence-corrected chi connectivity index (χ0v) is 15.0. The van der Waals surface area contributed by atoms with Gasteiger partial charge in [0, 0.05) is 22.0 Å². The minimum atomic E-state index is -0.0851. The van der Waals surface area contributed by atoms with Crippen LogP contribution in [0.15, 0.2) is 34.1 Å². The number of aryl methyl sites for hydroxylation is 1. The minimum absolute atomic E-state index is 0.0851. The van der Waals surface area contributed by atoms with Crippen LogP contribution in [0.4, 0.5) is 0 Å².